The molecule has 19 heavy (non-hydrogen) atoms. The average molecular weight is 302 g/mol. The third-order valence-electron chi connectivity index (χ3n) is 3.57. The van der Waals surface area contributed by atoms with E-state index >= 15 is 0 Å². The second-order valence-electron chi connectivity index (χ2n) is 5.22. The lowest BCUT2D eigenvalue weighted by Gasteiger charge is -2.28. The summed E-state index contributed by atoms with van der Waals surface area (Å²) in [6.45, 7) is 0.328. The Morgan fingerprint density at radius 2 is 2.00 bits per heavy atom. The molecule has 3 nitrogen and oxygen atoms in total. The van der Waals surface area contributed by atoms with Crippen LogP contribution in [0.15, 0.2) is 18.2 Å². The van der Waals surface area contributed by atoms with Gasteiger partial charge in [0.1, 0.15) is 0 Å². The monoisotopic (exact) mass is 301 g/mol. The van der Waals surface area contributed by atoms with Gasteiger partial charge in [-0.15, -0.1) is 0 Å². The predicted octanol–water partition coefficient (Wildman–Crippen LogP) is 3.37. The Morgan fingerprint density at radius 1 is 1.37 bits per heavy atom. The van der Waals surface area contributed by atoms with Crippen LogP contribution in [0.4, 0.5) is 0 Å². The van der Waals surface area contributed by atoms with E-state index in [-0.39, 0.29) is 5.91 Å². The van der Waals surface area contributed by atoms with E-state index in [0.29, 0.717) is 22.2 Å². The van der Waals surface area contributed by atoms with Crippen molar-refractivity contribution in [2.24, 2.45) is 0 Å². The largest absolute Gasteiger partial charge is 0.388 e. The van der Waals surface area contributed by atoms with Gasteiger partial charge in [0.25, 0.3) is 5.91 Å². The molecule has 0 atom stereocenters. The number of amides is 1. The molecule has 1 fully saturated rings. The summed E-state index contributed by atoms with van der Waals surface area (Å²) in [4.78, 5) is 13.8. The van der Waals surface area contributed by atoms with Gasteiger partial charge in [-0.25, -0.2) is 0 Å². The fraction of sp³-hybridized carbons (Fsp3) is 0.500. The molecule has 0 heterocycles. The van der Waals surface area contributed by atoms with Gasteiger partial charge in [-0.1, -0.05) is 36.0 Å². The van der Waals surface area contributed by atoms with Gasteiger partial charge in [0.15, 0.2) is 0 Å². The normalized spacial score (nSPS) is 17.5. The number of rotatable bonds is 3. The fourth-order valence-electron chi connectivity index (χ4n) is 2.57. The van der Waals surface area contributed by atoms with Gasteiger partial charge in [0.2, 0.25) is 0 Å². The number of hydrogen-bond donors (Lipinski definition) is 1. The Kier molecular flexibility index (Phi) is 4.39. The molecule has 5 heteroatoms. The summed E-state index contributed by atoms with van der Waals surface area (Å²) >= 11 is 11.9. The topological polar surface area (TPSA) is 40.5 Å². The van der Waals surface area contributed by atoms with Crippen LogP contribution >= 0.6 is 23.2 Å². The SMILES string of the molecule is CN(CC1(O)CCCC1)C(=O)c1cc(Cl)ccc1Cl. The van der Waals surface area contributed by atoms with Crippen molar-refractivity contribution in [1.82, 2.24) is 4.90 Å². The molecule has 1 amide bonds. The molecule has 0 aliphatic heterocycles. The van der Waals surface area contributed by atoms with E-state index < -0.39 is 5.60 Å². The Hall–Kier alpha value is -0.770. The highest BCUT2D eigenvalue weighted by Gasteiger charge is 2.33. The standard InChI is InChI=1S/C14H17Cl2NO2/c1-17(9-14(19)6-2-3-7-14)13(18)11-8-10(15)4-5-12(11)16/h4-5,8,19H,2-3,6-7,9H2,1H3. The lowest BCUT2D eigenvalue weighted by atomic mass is 10.0. The summed E-state index contributed by atoms with van der Waals surface area (Å²) in [5, 5.41) is 11.2. The zero-order valence-electron chi connectivity index (χ0n) is 10.8. The quantitative estimate of drug-likeness (QED) is 0.930. The summed E-state index contributed by atoms with van der Waals surface area (Å²) in [6, 6.07) is 4.81. The summed E-state index contributed by atoms with van der Waals surface area (Å²) in [6.07, 6.45) is 3.51. The maximum atomic E-state index is 12.3. The smallest absolute Gasteiger partial charge is 0.255 e. The van der Waals surface area contributed by atoms with Gasteiger partial charge in [0, 0.05) is 18.6 Å². The molecular weight excluding hydrogens is 285 g/mol. The molecule has 0 saturated heterocycles. The second kappa shape index (κ2) is 5.70. The number of likely N-dealkylation sites (N-methyl/N-ethyl adjacent to an activating group) is 1. The lowest BCUT2D eigenvalue weighted by molar-refractivity contribution is 0.0157. The Balaban J connectivity index is 2.12. The van der Waals surface area contributed by atoms with E-state index in [9.17, 15) is 9.90 Å². The maximum Gasteiger partial charge on any atom is 0.255 e. The lowest BCUT2D eigenvalue weighted by Crippen LogP contribution is -2.42. The molecule has 0 unspecified atom stereocenters. The minimum Gasteiger partial charge on any atom is -0.388 e. The van der Waals surface area contributed by atoms with E-state index in [4.69, 9.17) is 23.2 Å². The van der Waals surface area contributed by atoms with Crippen LogP contribution in [0.3, 0.4) is 0 Å². The number of aliphatic hydroxyl groups is 1. The highest BCUT2D eigenvalue weighted by molar-refractivity contribution is 6.35. The third-order valence-corrected chi connectivity index (χ3v) is 4.14. The first-order valence-electron chi connectivity index (χ1n) is 6.34. The second-order valence-corrected chi connectivity index (χ2v) is 6.06. The van der Waals surface area contributed by atoms with Crippen molar-refractivity contribution in [1.29, 1.82) is 0 Å². The number of nitrogens with zero attached hydrogens (tertiary/aromatic N) is 1. The summed E-state index contributed by atoms with van der Waals surface area (Å²) in [5.74, 6) is -0.215. The minimum atomic E-state index is -0.755. The van der Waals surface area contributed by atoms with Crippen LogP contribution in [0.1, 0.15) is 36.0 Å². The Labute approximate surface area is 123 Å². The zero-order valence-corrected chi connectivity index (χ0v) is 12.3. The van der Waals surface area contributed by atoms with Crippen LogP contribution in [0.5, 0.6) is 0 Å². The van der Waals surface area contributed by atoms with E-state index in [0.717, 1.165) is 25.7 Å². The van der Waals surface area contributed by atoms with Gasteiger partial charge in [-0.2, -0.15) is 0 Å². The molecule has 0 aromatic heterocycles. The Bertz CT molecular complexity index is 484. The predicted molar refractivity (Wildman–Crippen MR) is 76.8 cm³/mol. The molecule has 104 valence electrons. The van der Waals surface area contributed by atoms with E-state index in [1.807, 2.05) is 0 Å². The van der Waals surface area contributed by atoms with Crippen LogP contribution in [-0.4, -0.2) is 35.1 Å². The molecule has 1 aromatic rings. The molecule has 1 saturated carbocycles. The number of carbonyl (C=O) groups excluding carboxylic acids is 1. The van der Waals surface area contributed by atoms with Crippen molar-refractivity contribution in [2.75, 3.05) is 13.6 Å². The van der Waals surface area contributed by atoms with E-state index in [1.54, 1.807) is 25.2 Å². The molecule has 2 rings (SSSR count). The van der Waals surface area contributed by atoms with E-state index in [1.165, 1.54) is 4.90 Å². The maximum absolute atomic E-state index is 12.3. The van der Waals surface area contributed by atoms with Gasteiger partial charge in [0.05, 0.1) is 16.2 Å². The van der Waals surface area contributed by atoms with Crippen molar-refractivity contribution in [3.05, 3.63) is 33.8 Å². The minimum absolute atomic E-state index is 0.215. The zero-order chi connectivity index (χ0) is 14.0. The number of carbonyl (C=O) groups is 1. The molecule has 1 aliphatic rings. The first kappa shape index (κ1) is 14.6. The molecule has 1 aliphatic carbocycles. The average Bonchev–Trinajstić information content (AvgIpc) is 2.78. The van der Waals surface area contributed by atoms with Gasteiger partial charge in [-0.3, -0.25) is 4.79 Å². The van der Waals surface area contributed by atoms with Gasteiger partial charge in [-0.05, 0) is 31.0 Å². The molecule has 0 spiro atoms. The number of hydrogen-bond acceptors (Lipinski definition) is 2. The molecule has 1 N–H and O–H groups in total. The van der Waals surface area contributed by atoms with Crippen molar-refractivity contribution >= 4 is 29.1 Å². The number of halogens is 2. The third kappa shape index (κ3) is 3.41. The van der Waals surface area contributed by atoms with Crippen LogP contribution in [0, 0.1) is 0 Å². The first-order chi connectivity index (χ1) is 8.91. The summed E-state index contributed by atoms with van der Waals surface area (Å²) < 4.78 is 0. The summed E-state index contributed by atoms with van der Waals surface area (Å²) in [5.41, 5.74) is -0.381. The summed E-state index contributed by atoms with van der Waals surface area (Å²) in [7, 11) is 1.68. The number of benzene rings is 1. The first-order valence-corrected chi connectivity index (χ1v) is 7.10. The molecule has 1 aromatic carbocycles. The van der Waals surface area contributed by atoms with Crippen molar-refractivity contribution in [3.63, 3.8) is 0 Å². The molecule has 0 radical (unpaired) electrons. The van der Waals surface area contributed by atoms with Crippen molar-refractivity contribution in [2.45, 2.75) is 31.3 Å². The fourth-order valence-corrected chi connectivity index (χ4v) is 2.94. The Morgan fingerprint density at radius 3 is 2.63 bits per heavy atom. The highest BCUT2D eigenvalue weighted by Crippen LogP contribution is 2.30. The molecule has 0 bridgehead atoms. The van der Waals surface area contributed by atoms with Crippen LogP contribution in [0.25, 0.3) is 0 Å². The van der Waals surface area contributed by atoms with Crippen molar-refractivity contribution in [3.8, 4) is 0 Å². The molecular formula is C14H17Cl2NO2. The van der Waals surface area contributed by atoms with Gasteiger partial charge >= 0.3 is 0 Å². The highest BCUT2D eigenvalue weighted by atomic mass is 35.5. The van der Waals surface area contributed by atoms with Crippen molar-refractivity contribution < 1.29 is 9.90 Å². The van der Waals surface area contributed by atoms with Crippen LogP contribution in [0.2, 0.25) is 10.0 Å². The van der Waals surface area contributed by atoms with Gasteiger partial charge < -0.3 is 10.0 Å². The van der Waals surface area contributed by atoms with Crippen LogP contribution in [-0.2, 0) is 0 Å². The van der Waals surface area contributed by atoms with Crippen LogP contribution < -0.4 is 0 Å². The van der Waals surface area contributed by atoms with E-state index in [2.05, 4.69) is 0 Å².